The topological polar surface area (TPSA) is 113 Å². The van der Waals surface area contributed by atoms with Crippen LogP contribution >= 0.6 is 0 Å². The maximum Gasteiger partial charge on any atom is 0.282 e. The van der Waals surface area contributed by atoms with Crippen LogP contribution in [0.2, 0.25) is 0 Å². The number of amides is 1. The normalized spacial score (nSPS) is 21.7. The molecule has 0 bridgehead atoms. The number of fused-ring (bicyclic) bond motifs is 2. The first-order valence-electron chi connectivity index (χ1n) is 15.7. The molecule has 5 heterocycles. The zero-order chi connectivity index (χ0) is 30.8. The quantitative estimate of drug-likeness (QED) is 0.441. The lowest BCUT2D eigenvalue weighted by Gasteiger charge is -2.43. The average Bonchev–Trinajstić information content (AvgIpc) is 3.46. The minimum atomic E-state index is -1.04. The minimum absolute atomic E-state index is 0.0436. The van der Waals surface area contributed by atoms with Crippen molar-refractivity contribution in [3.05, 3.63) is 52.7 Å². The third-order valence-electron chi connectivity index (χ3n) is 9.70. The van der Waals surface area contributed by atoms with Gasteiger partial charge in [-0.05, 0) is 69.7 Å². The SMILES string of the molecule is C=C(F)C(=O)N1CCN(c2c(C#N)c(OC[C@@H]3CCCN3C)nc3c2CCN(c2cncc4c2CCCC4)C3)C[C@@H]1CC#N. The standard InChI is InChI=1S/C33H39FN8O2/c1-22(34)33(43)42-15-14-41(19-24(42)9-11-35)31-27-10-13-40(30-18-37-17-23-6-3-4-8-26(23)30)20-29(27)38-32(28(31)16-36)44-21-25-7-5-12-39(25)2/h17-18,24-25H,1,3-10,12-15,19-21H2,2H3/t24-,25-/m0/s1. The molecule has 2 saturated heterocycles. The molecular weight excluding hydrogens is 559 g/mol. The van der Waals surface area contributed by atoms with Gasteiger partial charge in [0.25, 0.3) is 5.91 Å². The van der Waals surface area contributed by atoms with E-state index in [1.165, 1.54) is 28.9 Å². The van der Waals surface area contributed by atoms with E-state index < -0.39 is 17.8 Å². The first-order chi connectivity index (χ1) is 21.4. The van der Waals surface area contributed by atoms with Crippen molar-refractivity contribution in [2.75, 3.05) is 56.2 Å². The Balaban J connectivity index is 1.37. The molecule has 2 aromatic heterocycles. The van der Waals surface area contributed by atoms with Crippen molar-refractivity contribution in [3.63, 3.8) is 0 Å². The Morgan fingerprint density at radius 3 is 2.66 bits per heavy atom. The predicted octanol–water partition coefficient (Wildman–Crippen LogP) is 3.68. The van der Waals surface area contributed by atoms with Gasteiger partial charge in [-0.3, -0.25) is 9.78 Å². The average molecular weight is 599 g/mol. The number of piperazine rings is 1. The van der Waals surface area contributed by atoms with Crippen molar-refractivity contribution < 1.29 is 13.9 Å². The van der Waals surface area contributed by atoms with Crippen LogP contribution in [0.4, 0.5) is 15.8 Å². The van der Waals surface area contributed by atoms with Crippen molar-refractivity contribution >= 4 is 17.3 Å². The molecule has 44 heavy (non-hydrogen) atoms. The van der Waals surface area contributed by atoms with E-state index in [0.29, 0.717) is 44.1 Å². The molecule has 3 aliphatic heterocycles. The summed E-state index contributed by atoms with van der Waals surface area (Å²) < 4.78 is 20.2. The number of pyridine rings is 2. The van der Waals surface area contributed by atoms with Gasteiger partial charge in [0, 0.05) is 44.0 Å². The Bertz CT molecular complexity index is 1530. The number of carbonyl (C=O) groups is 1. The Kier molecular flexibility index (Phi) is 8.67. The predicted molar refractivity (Wildman–Crippen MR) is 164 cm³/mol. The highest BCUT2D eigenvalue weighted by Crippen LogP contribution is 2.40. The van der Waals surface area contributed by atoms with Gasteiger partial charge in [-0.1, -0.05) is 6.58 Å². The highest BCUT2D eigenvalue weighted by molar-refractivity contribution is 5.91. The van der Waals surface area contributed by atoms with Gasteiger partial charge in [-0.2, -0.15) is 10.5 Å². The number of hydrogen-bond donors (Lipinski definition) is 0. The molecule has 0 radical (unpaired) electrons. The minimum Gasteiger partial charge on any atom is -0.475 e. The maximum absolute atomic E-state index is 13.9. The van der Waals surface area contributed by atoms with Crippen molar-refractivity contribution in [1.29, 1.82) is 10.5 Å². The number of anilines is 2. The number of nitrogens with zero attached hydrogens (tertiary/aromatic N) is 8. The highest BCUT2D eigenvalue weighted by Gasteiger charge is 2.36. The summed E-state index contributed by atoms with van der Waals surface area (Å²) >= 11 is 0. The molecule has 0 unspecified atom stereocenters. The molecule has 10 nitrogen and oxygen atoms in total. The fraction of sp³-hybridized carbons (Fsp3) is 0.545. The van der Waals surface area contributed by atoms with Crippen LogP contribution in [0.15, 0.2) is 24.8 Å². The third-order valence-corrected chi connectivity index (χ3v) is 9.70. The van der Waals surface area contributed by atoms with E-state index in [1.807, 2.05) is 12.4 Å². The van der Waals surface area contributed by atoms with E-state index in [0.717, 1.165) is 61.4 Å². The van der Waals surface area contributed by atoms with E-state index in [4.69, 9.17) is 9.72 Å². The van der Waals surface area contributed by atoms with Gasteiger partial charge < -0.3 is 24.3 Å². The molecule has 11 heteroatoms. The van der Waals surface area contributed by atoms with Crippen LogP contribution in [0.25, 0.3) is 0 Å². The van der Waals surface area contributed by atoms with Gasteiger partial charge in [0.15, 0.2) is 5.83 Å². The fourth-order valence-corrected chi connectivity index (χ4v) is 7.33. The Hall–Kier alpha value is -4.22. The van der Waals surface area contributed by atoms with E-state index in [-0.39, 0.29) is 19.0 Å². The number of aryl methyl sites for hydroxylation is 1. The first kappa shape index (κ1) is 29.8. The second-order valence-corrected chi connectivity index (χ2v) is 12.3. The van der Waals surface area contributed by atoms with Crippen LogP contribution < -0.4 is 14.5 Å². The van der Waals surface area contributed by atoms with Crippen molar-refractivity contribution in [2.45, 2.75) is 70.0 Å². The molecule has 6 rings (SSSR count). The number of rotatable bonds is 7. The Morgan fingerprint density at radius 1 is 1.07 bits per heavy atom. The molecule has 0 N–H and O–H groups in total. The molecule has 0 aromatic carbocycles. The van der Waals surface area contributed by atoms with Crippen LogP contribution in [-0.4, -0.2) is 84.1 Å². The first-order valence-corrected chi connectivity index (χ1v) is 15.7. The second-order valence-electron chi connectivity index (χ2n) is 12.3. The molecular formula is C33H39FN8O2. The summed E-state index contributed by atoms with van der Waals surface area (Å²) in [6, 6.07) is 4.26. The van der Waals surface area contributed by atoms with Gasteiger partial charge in [-0.15, -0.1) is 0 Å². The molecule has 0 spiro atoms. The largest absolute Gasteiger partial charge is 0.475 e. The maximum atomic E-state index is 13.9. The van der Waals surface area contributed by atoms with Crippen molar-refractivity contribution in [1.82, 2.24) is 19.8 Å². The van der Waals surface area contributed by atoms with Crippen LogP contribution in [0.3, 0.4) is 0 Å². The van der Waals surface area contributed by atoms with Crippen LogP contribution in [0.5, 0.6) is 5.88 Å². The lowest BCUT2D eigenvalue weighted by Crippen LogP contribution is -2.55. The Labute approximate surface area is 258 Å². The zero-order valence-electron chi connectivity index (χ0n) is 25.4. The second kappa shape index (κ2) is 12.8. The van der Waals surface area contributed by atoms with Gasteiger partial charge in [-0.25, -0.2) is 9.37 Å². The van der Waals surface area contributed by atoms with E-state index in [1.54, 1.807) is 0 Å². The summed E-state index contributed by atoms with van der Waals surface area (Å²) in [7, 11) is 2.09. The molecule has 1 amide bonds. The van der Waals surface area contributed by atoms with Gasteiger partial charge in [0.2, 0.25) is 5.88 Å². The molecule has 1 aliphatic carbocycles. The van der Waals surface area contributed by atoms with E-state index in [2.05, 4.69) is 45.4 Å². The van der Waals surface area contributed by atoms with E-state index in [9.17, 15) is 19.7 Å². The molecule has 2 aromatic rings. The van der Waals surface area contributed by atoms with Gasteiger partial charge in [0.1, 0.15) is 18.2 Å². The summed E-state index contributed by atoms with van der Waals surface area (Å²) in [5.74, 6) is -1.50. The lowest BCUT2D eigenvalue weighted by atomic mass is 9.91. The van der Waals surface area contributed by atoms with Crippen molar-refractivity contribution in [3.8, 4) is 18.0 Å². The molecule has 0 saturated carbocycles. The van der Waals surface area contributed by atoms with Gasteiger partial charge in [0.05, 0.1) is 48.3 Å². The van der Waals surface area contributed by atoms with Gasteiger partial charge >= 0.3 is 0 Å². The summed E-state index contributed by atoms with van der Waals surface area (Å²) in [6.45, 7) is 6.84. The van der Waals surface area contributed by atoms with Crippen LogP contribution in [0, 0.1) is 22.7 Å². The van der Waals surface area contributed by atoms with Crippen molar-refractivity contribution in [2.24, 2.45) is 0 Å². The number of nitriles is 2. The number of likely N-dealkylation sites (N-methyl/N-ethyl adjacent to an activating group) is 1. The number of ether oxygens (including phenoxy) is 1. The van der Waals surface area contributed by atoms with Crippen LogP contribution in [0.1, 0.15) is 60.1 Å². The van der Waals surface area contributed by atoms with E-state index >= 15 is 0 Å². The zero-order valence-corrected chi connectivity index (χ0v) is 25.4. The number of aromatic nitrogens is 2. The fourth-order valence-electron chi connectivity index (χ4n) is 7.33. The Morgan fingerprint density at radius 2 is 1.91 bits per heavy atom. The third kappa shape index (κ3) is 5.69. The van der Waals surface area contributed by atoms with Crippen LogP contribution in [-0.2, 0) is 30.6 Å². The number of halogens is 1. The number of hydrogen-bond acceptors (Lipinski definition) is 9. The lowest BCUT2D eigenvalue weighted by molar-refractivity contribution is -0.131. The number of likely N-dealkylation sites (tertiary alicyclic amines) is 1. The molecule has 230 valence electrons. The summed E-state index contributed by atoms with van der Waals surface area (Å²) in [5, 5.41) is 20.1. The monoisotopic (exact) mass is 598 g/mol. The number of carbonyl (C=O) groups excluding carboxylic acids is 1. The summed E-state index contributed by atoms with van der Waals surface area (Å²) in [6.07, 6.45) is 11.3. The molecule has 2 fully saturated rings. The summed E-state index contributed by atoms with van der Waals surface area (Å²) in [4.78, 5) is 30.2. The summed E-state index contributed by atoms with van der Waals surface area (Å²) in [5.41, 5.74) is 6.84. The molecule has 4 aliphatic rings. The highest BCUT2D eigenvalue weighted by atomic mass is 19.1. The molecule has 2 atom stereocenters. The smallest absolute Gasteiger partial charge is 0.282 e.